The van der Waals surface area contributed by atoms with E-state index in [0.717, 1.165) is 32.4 Å². The van der Waals surface area contributed by atoms with E-state index in [2.05, 4.69) is 5.32 Å². The summed E-state index contributed by atoms with van der Waals surface area (Å²) in [5, 5.41) is 3.36. The molecule has 1 amide bonds. The maximum atomic E-state index is 13.8. The first-order valence-electron chi connectivity index (χ1n) is 8.75. The lowest BCUT2D eigenvalue weighted by atomic mass is 10.1. The Balaban J connectivity index is 1.83. The summed E-state index contributed by atoms with van der Waals surface area (Å²) in [6.07, 6.45) is 2.62. The molecule has 4 nitrogen and oxygen atoms in total. The highest BCUT2D eigenvalue weighted by molar-refractivity contribution is 5.68. The number of ether oxygens (including phenoxy) is 1. The van der Waals surface area contributed by atoms with Gasteiger partial charge in [0.15, 0.2) is 0 Å². The molecule has 1 aliphatic rings. The maximum absolute atomic E-state index is 13.8. The van der Waals surface area contributed by atoms with Crippen molar-refractivity contribution in [1.29, 1.82) is 0 Å². The lowest BCUT2D eigenvalue weighted by molar-refractivity contribution is 0.0220. The second-order valence-electron chi connectivity index (χ2n) is 7.46. The molecule has 1 aromatic rings. The van der Waals surface area contributed by atoms with Gasteiger partial charge in [-0.15, -0.1) is 0 Å². The molecule has 24 heavy (non-hydrogen) atoms. The molecule has 0 aromatic heterocycles. The van der Waals surface area contributed by atoms with Crippen molar-refractivity contribution < 1.29 is 13.9 Å². The minimum absolute atomic E-state index is 0.0532. The predicted molar refractivity (Wildman–Crippen MR) is 93.4 cm³/mol. The first kappa shape index (κ1) is 18.7. The fourth-order valence-electron chi connectivity index (χ4n) is 3.10. The number of nitrogens with one attached hydrogen (secondary N) is 1. The number of carbonyl (C=O) groups excluding carboxylic acids is 1. The SMILES string of the molecule is CC(NCCC1CCCN1C(=O)OC(C)(C)C)c1ccccc1F. The highest BCUT2D eigenvalue weighted by atomic mass is 19.1. The molecule has 1 saturated heterocycles. The number of carbonyl (C=O) groups is 1. The summed E-state index contributed by atoms with van der Waals surface area (Å²) in [5.41, 5.74) is 0.204. The van der Waals surface area contributed by atoms with Crippen LogP contribution in [0.5, 0.6) is 0 Å². The zero-order valence-electron chi connectivity index (χ0n) is 15.1. The maximum Gasteiger partial charge on any atom is 0.410 e. The standard InChI is InChI=1S/C19H29FN2O2/c1-14(16-9-5-6-10-17(16)20)21-12-11-15-8-7-13-22(15)18(23)24-19(2,3)4/h5-6,9-10,14-15,21H,7-8,11-13H2,1-4H3. The highest BCUT2D eigenvalue weighted by Crippen LogP contribution is 2.23. The molecule has 0 radical (unpaired) electrons. The molecule has 2 atom stereocenters. The van der Waals surface area contributed by atoms with E-state index in [0.29, 0.717) is 5.56 Å². The molecule has 1 N–H and O–H groups in total. The zero-order valence-corrected chi connectivity index (χ0v) is 15.1. The normalized spacial score (nSPS) is 19.4. The second kappa shape index (κ2) is 7.97. The molecular formula is C19H29FN2O2. The van der Waals surface area contributed by atoms with Crippen LogP contribution in [0.3, 0.4) is 0 Å². The lowest BCUT2D eigenvalue weighted by Crippen LogP contribution is -2.41. The van der Waals surface area contributed by atoms with Gasteiger partial charge in [-0.05, 0) is 59.6 Å². The molecule has 1 aliphatic heterocycles. The third kappa shape index (κ3) is 5.20. The molecule has 0 aliphatic carbocycles. The van der Waals surface area contributed by atoms with Gasteiger partial charge in [0.2, 0.25) is 0 Å². The Bertz CT molecular complexity index is 557. The van der Waals surface area contributed by atoms with Crippen molar-refractivity contribution in [1.82, 2.24) is 10.2 Å². The second-order valence-corrected chi connectivity index (χ2v) is 7.46. The first-order valence-corrected chi connectivity index (χ1v) is 8.75. The number of rotatable bonds is 5. The van der Waals surface area contributed by atoms with Crippen LogP contribution in [0.1, 0.15) is 58.6 Å². The van der Waals surface area contributed by atoms with Crippen LogP contribution in [-0.4, -0.2) is 35.7 Å². The molecule has 1 fully saturated rings. The Labute approximate surface area is 144 Å². The van der Waals surface area contributed by atoms with Crippen LogP contribution in [0, 0.1) is 5.82 Å². The van der Waals surface area contributed by atoms with E-state index in [-0.39, 0.29) is 24.0 Å². The fraction of sp³-hybridized carbons (Fsp3) is 0.632. The smallest absolute Gasteiger partial charge is 0.410 e. The number of amides is 1. The molecule has 2 rings (SSSR count). The van der Waals surface area contributed by atoms with Gasteiger partial charge in [0.25, 0.3) is 0 Å². The molecule has 0 spiro atoms. The third-order valence-electron chi connectivity index (χ3n) is 4.30. The summed E-state index contributed by atoms with van der Waals surface area (Å²) >= 11 is 0. The Morgan fingerprint density at radius 2 is 2.12 bits per heavy atom. The average Bonchev–Trinajstić information content (AvgIpc) is 2.94. The van der Waals surface area contributed by atoms with Gasteiger partial charge in [-0.25, -0.2) is 9.18 Å². The largest absolute Gasteiger partial charge is 0.444 e. The molecule has 2 unspecified atom stereocenters. The predicted octanol–water partition coefficient (Wildman–Crippen LogP) is 4.27. The van der Waals surface area contributed by atoms with E-state index in [1.807, 2.05) is 38.7 Å². The van der Waals surface area contributed by atoms with E-state index < -0.39 is 5.60 Å². The van der Waals surface area contributed by atoms with Gasteiger partial charge in [-0.1, -0.05) is 18.2 Å². The van der Waals surface area contributed by atoms with Crippen LogP contribution in [0.2, 0.25) is 0 Å². The highest BCUT2D eigenvalue weighted by Gasteiger charge is 2.31. The van der Waals surface area contributed by atoms with Crippen molar-refractivity contribution in [2.75, 3.05) is 13.1 Å². The van der Waals surface area contributed by atoms with Crippen molar-refractivity contribution in [3.05, 3.63) is 35.6 Å². The van der Waals surface area contributed by atoms with Crippen LogP contribution in [0.4, 0.5) is 9.18 Å². The van der Waals surface area contributed by atoms with Crippen molar-refractivity contribution in [2.45, 2.75) is 64.6 Å². The Morgan fingerprint density at radius 3 is 2.79 bits per heavy atom. The van der Waals surface area contributed by atoms with E-state index in [9.17, 15) is 9.18 Å². The number of benzene rings is 1. The third-order valence-corrected chi connectivity index (χ3v) is 4.30. The van der Waals surface area contributed by atoms with Gasteiger partial charge in [-0.2, -0.15) is 0 Å². The van der Waals surface area contributed by atoms with Crippen molar-refractivity contribution >= 4 is 6.09 Å². The van der Waals surface area contributed by atoms with Gasteiger partial charge in [0, 0.05) is 24.2 Å². The van der Waals surface area contributed by atoms with Gasteiger partial charge >= 0.3 is 6.09 Å². The lowest BCUT2D eigenvalue weighted by Gasteiger charge is -2.29. The first-order chi connectivity index (χ1) is 11.3. The summed E-state index contributed by atoms with van der Waals surface area (Å²) in [5.74, 6) is -0.186. The molecule has 1 heterocycles. The molecule has 134 valence electrons. The van der Waals surface area contributed by atoms with Crippen molar-refractivity contribution in [3.63, 3.8) is 0 Å². The van der Waals surface area contributed by atoms with Crippen LogP contribution in [-0.2, 0) is 4.74 Å². The molecular weight excluding hydrogens is 307 g/mol. The number of hydrogen-bond donors (Lipinski definition) is 1. The van der Waals surface area contributed by atoms with Crippen LogP contribution in [0.15, 0.2) is 24.3 Å². The van der Waals surface area contributed by atoms with Gasteiger partial charge in [0.1, 0.15) is 11.4 Å². The summed E-state index contributed by atoms with van der Waals surface area (Å²) in [6, 6.07) is 6.97. The molecule has 1 aromatic carbocycles. The monoisotopic (exact) mass is 336 g/mol. The number of hydrogen-bond acceptors (Lipinski definition) is 3. The zero-order chi connectivity index (χ0) is 17.7. The summed E-state index contributed by atoms with van der Waals surface area (Å²) < 4.78 is 19.3. The Kier molecular flexibility index (Phi) is 6.21. The quantitative estimate of drug-likeness (QED) is 0.873. The van der Waals surface area contributed by atoms with Crippen LogP contribution in [0.25, 0.3) is 0 Å². The Morgan fingerprint density at radius 1 is 1.42 bits per heavy atom. The van der Waals surface area contributed by atoms with Gasteiger partial charge in [-0.3, -0.25) is 0 Å². The van der Waals surface area contributed by atoms with Crippen LogP contribution < -0.4 is 5.32 Å². The fourth-order valence-corrected chi connectivity index (χ4v) is 3.10. The van der Waals surface area contributed by atoms with Gasteiger partial charge in [0.05, 0.1) is 0 Å². The summed E-state index contributed by atoms with van der Waals surface area (Å²) in [6.45, 7) is 9.09. The van der Waals surface area contributed by atoms with E-state index >= 15 is 0 Å². The van der Waals surface area contributed by atoms with Gasteiger partial charge < -0.3 is 15.0 Å². The summed E-state index contributed by atoms with van der Waals surface area (Å²) in [7, 11) is 0. The topological polar surface area (TPSA) is 41.6 Å². The summed E-state index contributed by atoms with van der Waals surface area (Å²) in [4.78, 5) is 14.1. The number of likely N-dealkylation sites (tertiary alicyclic amines) is 1. The Hall–Kier alpha value is -1.62. The minimum atomic E-state index is -0.470. The van der Waals surface area contributed by atoms with Crippen LogP contribution >= 0.6 is 0 Å². The molecule has 0 bridgehead atoms. The van der Waals surface area contributed by atoms with Crippen molar-refractivity contribution in [2.24, 2.45) is 0 Å². The minimum Gasteiger partial charge on any atom is -0.444 e. The van der Waals surface area contributed by atoms with E-state index in [1.54, 1.807) is 12.1 Å². The molecule has 5 heteroatoms. The van der Waals surface area contributed by atoms with Crippen molar-refractivity contribution in [3.8, 4) is 0 Å². The van der Waals surface area contributed by atoms with E-state index in [4.69, 9.17) is 4.74 Å². The van der Waals surface area contributed by atoms with E-state index in [1.165, 1.54) is 6.07 Å². The number of halogens is 1. The molecule has 0 saturated carbocycles. The average molecular weight is 336 g/mol. The number of nitrogens with zero attached hydrogens (tertiary/aromatic N) is 1.